The molecule has 0 bridgehead atoms. The molecule has 0 atom stereocenters. The minimum Gasteiger partial charge on any atom is -0.455 e. The smallest absolute Gasteiger partial charge is 0.348 e. The third-order valence-corrected chi connectivity index (χ3v) is 13.2. The van der Waals surface area contributed by atoms with Crippen molar-refractivity contribution in [2.45, 2.75) is 0 Å². The molecule has 0 aromatic heterocycles. The minimum atomic E-state index is -4.22. The molecule has 3 aliphatic rings. The first-order chi connectivity index (χ1) is 22.0. The van der Waals surface area contributed by atoms with Crippen molar-refractivity contribution < 1.29 is 27.0 Å². The summed E-state index contributed by atoms with van der Waals surface area (Å²) in [5.41, 5.74) is 4.33. The minimum absolute atomic E-state index is 0.0624. The van der Waals surface area contributed by atoms with Gasteiger partial charge in [-0.25, -0.2) is 17.6 Å². The second kappa shape index (κ2) is 9.23. The van der Waals surface area contributed by atoms with Crippen LogP contribution in [0.25, 0.3) is 11.1 Å². The van der Waals surface area contributed by atoms with Crippen molar-refractivity contribution in [2.75, 3.05) is 9.13 Å². The first-order valence-electron chi connectivity index (χ1n) is 14.3. The van der Waals surface area contributed by atoms with Crippen molar-refractivity contribution in [1.82, 2.24) is 0 Å². The molecule has 218 valence electrons. The normalized spacial score (nSPS) is 14.7. The number of halogens is 4. The first-order valence-corrected chi connectivity index (χ1v) is 16.2. The molecule has 1 spiro atoms. The van der Waals surface area contributed by atoms with Crippen molar-refractivity contribution in [2.24, 2.45) is 0 Å². The Hall–Kier alpha value is -5.54. The highest BCUT2D eigenvalue weighted by atomic mass is 28.3. The van der Waals surface area contributed by atoms with E-state index in [9.17, 15) is 0 Å². The Balaban J connectivity index is 1.61. The van der Waals surface area contributed by atoms with Crippen molar-refractivity contribution in [3.8, 4) is 34.1 Å². The van der Waals surface area contributed by atoms with Gasteiger partial charge in [0.05, 0.1) is 11.4 Å². The molecule has 6 aromatic carbocycles. The number of fused-ring (bicyclic) bond motifs is 11. The molecule has 0 N–H and O–H groups in total. The van der Waals surface area contributed by atoms with E-state index < -0.39 is 31.7 Å². The van der Waals surface area contributed by atoms with Crippen LogP contribution in [0, 0.1) is 23.3 Å². The van der Waals surface area contributed by atoms with Gasteiger partial charge in [-0.15, -0.1) is 0 Å². The summed E-state index contributed by atoms with van der Waals surface area (Å²) in [6.07, 6.45) is 0. The van der Waals surface area contributed by atoms with Crippen LogP contribution in [0.2, 0.25) is 0 Å². The van der Waals surface area contributed by atoms with Crippen molar-refractivity contribution in [1.29, 1.82) is 0 Å². The summed E-state index contributed by atoms with van der Waals surface area (Å²) in [4.78, 5) is 0. The van der Waals surface area contributed by atoms with Crippen LogP contribution in [0.1, 0.15) is 0 Å². The SMILES string of the molecule is Fc1cc2c(cc1F)[Si]13c4cc(F)c(F)cc4Oc4ccccc4N1c1ccccc1-c1ccccc1N3c1ccccc1O2. The molecule has 0 aliphatic carbocycles. The quantitative estimate of drug-likeness (QED) is 0.126. The van der Waals surface area contributed by atoms with Crippen LogP contribution in [0.3, 0.4) is 0 Å². The molecule has 0 unspecified atom stereocenters. The van der Waals surface area contributed by atoms with Gasteiger partial charge in [0.2, 0.25) is 0 Å². The van der Waals surface area contributed by atoms with Crippen molar-refractivity contribution in [3.63, 3.8) is 0 Å². The Bertz CT molecular complexity index is 2070. The number of nitrogens with zero attached hydrogens (tertiary/aromatic N) is 2. The van der Waals surface area contributed by atoms with Gasteiger partial charge in [-0.1, -0.05) is 60.7 Å². The van der Waals surface area contributed by atoms with Crippen LogP contribution in [0.15, 0.2) is 121 Å². The summed E-state index contributed by atoms with van der Waals surface area (Å²) in [6.45, 7) is 0. The van der Waals surface area contributed by atoms with Gasteiger partial charge in [-0.05, 0) is 48.5 Å². The van der Waals surface area contributed by atoms with E-state index in [1.54, 1.807) is 24.3 Å². The zero-order valence-electron chi connectivity index (χ0n) is 23.3. The lowest BCUT2D eigenvalue weighted by molar-refractivity contribution is 0.467. The van der Waals surface area contributed by atoms with E-state index >= 15 is 17.6 Å². The van der Waals surface area contributed by atoms with Crippen LogP contribution >= 0.6 is 0 Å². The standard InChI is InChI=1S/C36H20F4N2O2Si/c37-23-17-33-35(19-25(23)39)45-36-20-26(40)24(38)18-34(36)44-32-16-8-6-14-30(32)42(45)28-12-4-2-10-22(28)21-9-1-3-11-27(21)41(45)29-13-5-7-15-31(29)43-33/h1-20H. The Morgan fingerprint density at radius 2 is 0.756 bits per heavy atom. The fraction of sp³-hybridized carbons (Fsp3) is 0. The monoisotopic (exact) mass is 616 g/mol. The summed E-state index contributed by atoms with van der Waals surface area (Å²) in [5.74, 6) is -3.49. The summed E-state index contributed by atoms with van der Waals surface area (Å²) in [7, 11) is -4.22. The summed E-state index contributed by atoms with van der Waals surface area (Å²) < 4.78 is 78.7. The van der Waals surface area contributed by atoms with Crippen LogP contribution in [-0.2, 0) is 0 Å². The van der Waals surface area contributed by atoms with E-state index in [-0.39, 0.29) is 21.9 Å². The van der Waals surface area contributed by atoms with Crippen LogP contribution in [0.5, 0.6) is 23.0 Å². The molecule has 0 saturated heterocycles. The number of ether oxygens (including phenoxy) is 2. The maximum absolute atomic E-state index is 15.7. The van der Waals surface area contributed by atoms with Gasteiger partial charge >= 0.3 is 8.40 Å². The van der Waals surface area contributed by atoms with Gasteiger partial charge in [0.15, 0.2) is 23.3 Å². The van der Waals surface area contributed by atoms with Gasteiger partial charge in [0.25, 0.3) is 0 Å². The predicted octanol–water partition coefficient (Wildman–Crippen LogP) is 8.67. The van der Waals surface area contributed by atoms with Gasteiger partial charge in [-0.2, -0.15) is 0 Å². The maximum atomic E-state index is 15.7. The highest BCUT2D eigenvalue weighted by Crippen LogP contribution is 2.56. The zero-order valence-corrected chi connectivity index (χ0v) is 24.3. The van der Waals surface area contributed by atoms with Crippen LogP contribution in [0.4, 0.5) is 40.3 Å². The van der Waals surface area contributed by atoms with Gasteiger partial charge in [-0.3, -0.25) is 0 Å². The van der Waals surface area contributed by atoms with Gasteiger partial charge in [0.1, 0.15) is 23.0 Å². The number of hydrogen-bond acceptors (Lipinski definition) is 4. The van der Waals surface area contributed by atoms with E-state index in [0.717, 1.165) is 46.8 Å². The molecule has 4 nitrogen and oxygen atoms in total. The number of rotatable bonds is 0. The van der Waals surface area contributed by atoms with E-state index in [2.05, 4.69) is 9.13 Å². The summed E-state index contributed by atoms with van der Waals surface area (Å²) in [6, 6.07) is 34.4. The summed E-state index contributed by atoms with van der Waals surface area (Å²) in [5, 5.41) is 0.577. The van der Waals surface area contributed by atoms with Crippen LogP contribution in [-0.4, -0.2) is 8.40 Å². The fourth-order valence-electron chi connectivity index (χ4n) is 6.94. The molecule has 6 aromatic rings. The predicted molar refractivity (Wildman–Crippen MR) is 167 cm³/mol. The molecule has 0 amide bonds. The van der Waals surface area contributed by atoms with Gasteiger partial charge < -0.3 is 18.6 Å². The molecular formula is C36H20F4N2O2Si. The largest absolute Gasteiger partial charge is 0.455 e. The number of anilines is 4. The number of benzene rings is 6. The Morgan fingerprint density at radius 1 is 0.400 bits per heavy atom. The topological polar surface area (TPSA) is 24.9 Å². The van der Waals surface area contributed by atoms with E-state index in [1.165, 1.54) is 0 Å². The Kier molecular flexibility index (Phi) is 5.31. The molecule has 0 saturated carbocycles. The Labute approximate surface area is 256 Å². The van der Waals surface area contributed by atoms with E-state index in [4.69, 9.17) is 9.47 Å². The van der Waals surface area contributed by atoms with Crippen molar-refractivity contribution >= 4 is 41.5 Å². The molecule has 45 heavy (non-hydrogen) atoms. The number of hydrogen-bond donors (Lipinski definition) is 0. The average molecular weight is 617 g/mol. The number of para-hydroxylation sites is 6. The lowest BCUT2D eigenvalue weighted by Gasteiger charge is -2.48. The average Bonchev–Trinajstić information content (AvgIpc) is 3.30. The first kappa shape index (κ1) is 25.9. The van der Waals surface area contributed by atoms with Crippen molar-refractivity contribution in [3.05, 3.63) is 145 Å². The molecule has 3 aliphatic heterocycles. The Morgan fingerprint density at radius 3 is 1.20 bits per heavy atom. The second-order valence-electron chi connectivity index (χ2n) is 11.0. The molecule has 0 fully saturated rings. The third kappa shape index (κ3) is 3.41. The fourth-order valence-corrected chi connectivity index (χ4v) is 12.1. The molecule has 3 heterocycles. The lowest BCUT2D eigenvalue weighted by Crippen LogP contribution is -2.77. The zero-order chi connectivity index (χ0) is 30.4. The second-order valence-corrected chi connectivity index (χ2v) is 14.4. The van der Waals surface area contributed by atoms with E-state index in [1.807, 2.05) is 72.8 Å². The molecule has 0 radical (unpaired) electrons. The summed E-state index contributed by atoms with van der Waals surface area (Å²) >= 11 is 0. The highest BCUT2D eigenvalue weighted by molar-refractivity contribution is 7.10. The molecular weight excluding hydrogens is 596 g/mol. The highest BCUT2D eigenvalue weighted by Gasteiger charge is 2.61. The maximum Gasteiger partial charge on any atom is 0.348 e. The lowest BCUT2D eigenvalue weighted by atomic mass is 10.0. The third-order valence-electron chi connectivity index (χ3n) is 8.68. The van der Waals surface area contributed by atoms with Gasteiger partial charge in [0, 0.05) is 45.0 Å². The molecule has 9 rings (SSSR count). The van der Waals surface area contributed by atoms with Crippen LogP contribution < -0.4 is 29.0 Å². The molecule has 9 heteroatoms. The van der Waals surface area contributed by atoms with E-state index in [0.29, 0.717) is 22.9 Å².